The number of nitrogens with zero attached hydrogens (tertiary/aromatic N) is 1. The van der Waals surface area contributed by atoms with Crippen molar-refractivity contribution in [2.45, 2.75) is 52.7 Å². The molecule has 194 valence electrons. The van der Waals surface area contributed by atoms with Crippen LogP contribution in [0.2, 0.25) is 0 Å². The average molecular weight is 499 g/mol. The molecule has 1 fully saturated rings. The molecule has 4 atom stereocenters. The number of phenolic OH excluding ortho intramolecular Hbond substituents is 1. The molecule has 0 saturated heterocycles. The van der Waals surface area contributed by atoms with Crippen LogP contribution in [-0.2, 0) is 27.3 Å². The molecule has 0 radical (unpaired) electrons. The number of fused-ring (bicyclic) bond motifs is 3. The standard InChI is InChI=1S/C27H34N2O7/c1-5-29(6-2)11-13-7-8-17(30)20-15(13)9-14-10-16-18(12(3)4)22(31)21(26(28)35)25(34)27(16,36)24(33)19(14)23(20)32/h7-8,12,14,16,18,30,32,34,36H,5-6,9-11H2,1-4H3,(H2,28,35)/t14-,16-,18-,27-/m0/s1. The first-order chi connectivity index (χ1) is 16.9. The SMILES string of the molecule is CCN(CC)Cc1ccc(O)c2c1C[C@H]1C[C@H]3[C@H](C(C)C)C(=O)C(C(N)=O)=C(O)[C@@]3(O)C(=O)C1=C2O. The number of Topliss-reactive ketones (excluding diaryl/α,β-unsaturated/α-hetero) is 2. The maximum atomic E-state index is 13.8. The van der Waals surface area contributed by atoms with E-state index in [0.717, 1.165) is 18.7 Å². The van der Waals surface area contributed by atoms with Crippen molar-refractivity contribution in [3.8, 4) is 5.75 Å². The van der Waals surface area contributed by atoms with E-state index in [2.05, 4.69) is 4.90 Å². The molecule has 0 unspecified atom stereocenters. The summed E-state index contributed by atoms with van der Waals surface area (Å²) in [4.78, 5) is 41.3. The quantitative estimate of drug-likeness (QED) is 0.373. The summed E-state index contributed by atoms with van der Waals surface area (Å²) in [7, 11) is 0. The Hall–Kier alpha value is -3.17. The topological polar surface area (TPSA) is 161 Å². The first-order valence-electron chi connectivity index (χ1n) is 12.4. The highest BCUT2D eigenvalue weighted by Crippen LogP contribution is 2.54. The molecule has 3 aliphatic carbocycles. The summed E-state index contributed by atoms with van der Waals surface area (Å²) in [6, 6.07) is 3.27. The van der Waals surface area contributed by atoms with Crippen molar-refractivity contribution in [1.29, 1.82) is 0 Å². The number of carbonyl (C=O) groups is 3. The van der Waals surface area contributed by atoms with Gasteiger partial charge in [-0.3, -0.25) is 19.3 Å². The number of aliphatic hydroxyl groups excluding tert-OH is 2. The van der Waals surface area contributed by atoms with Gasteiger partial charge in [0.2, 0.25) is 5.78 Å². The van der Waals surface area contributed by atoms with Crippen molar-refractivity contribution in [3.63, 3.8) is 0 Å². The summed E-state index contributed by atoms with van der Waals surface area (Å²) in [6.45, 7) is 9.77. The lowest BCUT2D eigenvalue weighted by Gasteiger charge is -2.50. The van der Waals surface area contributed by atoms with Gasteiger partial charge in [-0.1, -0.05) is 33.8 Å². The lowest BCUT2D eigenvalue weighted by Crippen LogP contribution is -2.62. The third-order valence-corrected chi connectivity index (χ3v) is 8.24. The zero-order chi connectivity index (χ0) is 26.7. The van der Waals surface area contributed by atoms with Crippen molar-refractivity contribution in [2.75, 3.05) is 13.1 Å². The molecule has 1 amide bonds. The Labute approximate surface area is 209 Å². The van der Waals surface area contributed by atoms with Crippen LogP contribution in [0.15, 0.2) is 29.0 Å². The predicted molar refractivity (Wildman–Crippen MR) is 132 cm³/mol. The van der Waals surface area contributed by atoms with E-state index in [0.29, 0.717) is 18.5 Å². The number of carbonyl (C=O) groups excluding carboxylic acids is 3. The Morgan fingerprint density at radius 2 is 1.81 bits per heavy atom. The summed E-state index contributed by atoms with van der Waals surface area (Å²) in [5, 5.41) is 44.5. The van der Waals surface area contributed by atoms with Crippen molar-refractivity contribution in [3.05, 3.63) is 45.7 Å². The van der Waals surface area contributed by atoms with Crippen LogP contribution in [0.25, 0.3) is 5.76 Å². The normalized spacial score (nSPS) is 27.9. The van der Waals surface area contributed by atoms with E-state index in [4.69, 9.17) is 5.73 Å². The molecular formula is C27H34N2O7. The van der Waals surface area contributed by atoms with Crippen LogP contribution in [0.5, 0.6) is 5.75 Å². The fourth-order valence-electron chi connectivity index (χ4n) is 6.39. The molecule has 3 aliphatic rings. The van der Waals surface area contributed by atoms with Crippen LogP contribution >= 0.6 is 0 Å². The minimum Gasteiger partial charge on any atom is -0.508 e. The van der Waals surface area contributed by atoms with Gasteiger partial charge >= 0.3 is 0 Å². The van der Waals surface area contributed by atoms with Crippen LogP contribution in [0.3, 0.4) is 0 Å². The molecular weight excluding hydrogens is 464 g/mol. The van der Waals surface area contributed by atoms with Crippen LogP contribution in [0, 0.1) is 23.7 Å². The van der Waals surface area contributed by atoms with Gasteiger partial charge in [0, 0.05) is 24.0 Å². The van der Waals surface area contributed by atoms with Gasteiger partial charge in [0.1, 0.15) is 22.8 Å². The highest BCUT2D eigenvalue weighted by Gasteiger charge is 2.64. The van der Waals surface area contributed by atoms with E-state index in [1.165, 1.54) is 6.07 Å². The molecule has 0 spiro atoms. The molecule has 1 aromatic carbocycles. The van der Waals surface area contributed by atoms with Gasteiger partial charge in [-0.2, -0.15) is 0 Å². The van der Waals surface area contributed by atoms with Gasteiger partial charge in [0.15, 0.2) is 11.4 Å². The summed E-state index contributed by atoms with van der Waals surface area (Å²) < 4.78 is 0. The van der Waals surface area contributed by atoms with E-state index >= 15 is 0 Å². The first kappa shape index (κ1) is 25.9. The summed E-state index contributed by atoms with van der Waals surface area (Å²) in [6.07, 6.45) is 0.427. The minimum absolute atomic E-state index is 0.117. The van der Waals surface area contributed by atoms with Gasteiger partial charge in [-0.05, 0) is 55.0 Å². The molecule has 0 aliphatic heterocycles. The summed E-state index contributed by atoms with van der Waals surface area (Å²) in [5.74, 6) is -7.45. The van der Waals surface area contributed by atoms with Crippen molar-refractivity contribution in [2.24, 2.45) is 29.4 Å². The number of aromatic hydroxyl groups is 1. The Balaban J connectivity index is 1.92. The molecule has 36 heavy (non-hydrogen) atoms. The number of hydrogen-bond acceptors (Lipinski definition) is 8. The second-order valence-corrected chi connectivity index (χ2v) is 10.4. The Morgan fingerprint density at radius 1 is 1.17 bits per heavy atom. The molecule has 4 rings (SSSR count). The predicted octanol–water partition coefficient (Wildman–Crippen LogP) is 2.15. The lowest BCUT2D eigenvalue weighted by atomic mass is 9.54. The molecule has 6 N–H and O–H groups in total. The van der Waals surface area contributed by atoms with E-state index in [1.807, 2.05) is 13.8 Å². The largest absolute Gasteiger partial charge is 0.508 e. The summed E-state index contributed by atoms with van der Waals surface area (Å²) in [5.41, 5.74) is 3.63. The van der Waals surface area contributed by atoms with Gasteiger partial charge in [-0.25, -0.2) is 0 Å². The van der Waals surface area contributed by atoms with Crippen LogP contribution in [-0.4, -0.2) is 61.5 Å². The highest BCUT2D eigenvalue weighted by molar-refractivity contribution is 6.23. The Morgan fingerprint density at radius 3 is 2.36 bits per heavy atom. The zero-order valence-corrected chi connectivity index (χ0v) is 21.0. The molecule has 9 nitrogen and oxygen atoms in total. The van der Waals surface area contributed by atoms with E-state index < -0.39 is 57.9 Å². The van der Waals surface area contributed by atoms with E-state index in [9.17, 15) is 34.8 Å². The molecule has 0 heterocycles. The fraction of sp³-hybridized carbons (Fsp3) is 0.519. The number of rotatable bonds is 6. The third-order valence-electron chi connectivity index (χ3n) is 8.24. The third kappa shape index (κ3) is 3.56. The van der Waals surface area contributed by atoms with Crippen LogP contribution in [0.1, 0.15) is 50.8 Å². The van der Waals surface area contributed by atoms with Crippen LogP contribution < -0.4 is 5.73 Å². The number of nitrogens with two attached hydrogens (primary N) is 1. The molecule has 1 saturated carbocycles. The Kier molecular flexibility index (Phi) is 6.51. The van der Waals surface area contributed by atoms with E-state index in [1.54, 1.807) is 19.9 Å². The highest BCUT2D eigenvalue weighted by atomic mass is 16.3. The van der Waals surface area contributed by atoms with Crippen molar-refractivity contribution < 1.29 is 34.8 Å². The molecule has 1 aromatic rings. The lowest BCUT2D eigenvalue weighted by molar-refractivity contribution is -0.155. The van der Waals surface area contributed by atoms with Crippen molar-refractivity contribution >= 4 is 23.2 Å². The van der Waals surface area contributed by atoms with Gasteiger partial charge in [0.25, 0.3) is 5.91 Å². The maximum Gasteiger partial charge on any atom is 0.255 e. The number of primary amides is 1. The minimum atomic E-state index is -2.58. The number of amides is 1. The first-order valence-corrected chi connectivity index (χ1v) is 12.4. The number of phenols is 1. The Bertz CT molecular complexity index is 1210. The monoisotopic (exact) mass is 498 g/mol. The maximum absolute atomic E-state index is 13.8. The average Bonchev–Trinajstić information content (AvgIpc) is 2.80. The smallest absolute Gasteiger partial charge is 0.255 e. The van der Waals surface area contributed by atoms with Gasteiger partial charge in [0.05, 0.1) is 5.56 Å². The number of ketones is 2. The number of benzene rings is 1. The fourth-order valence-corrected chi connectivity index (χ4v) is 6.39. The van der Waals surface area contributed by atoms with Crippen LogP contribution in [0.4, 0.5) is 0 Å². The molecule has 0 bridgehead atoms. The second kappa shape index (κ2) is 9.05. The number of aliphatic hydroxyl groups is 3. The summed E-state index contributed by atoms with van der Waals surface area (Å²) >= 11 is 0. The van der Waals surface area contributed by atoms with E-state index in [-0.39, 0.29) is 29.2 Å². The molecule has 0 aromatic heterocycles. The van der Waals surface area contributed by atoms with Gasteiger partial charge in [-0.15, -0.1) is 0 Å². The zero-order valence-electron chi connectivity index (χ0n) is 21.0. The van der Waals surface area contributed by atoms with Crippen molar-refractivity contribution in [1.82, 2.24) is 4.90 Å². The molecule has 9 heteroatoms. The second-order valence-electron chi connectivity index (χ2n) is 10.4. The number of hydrogen-bond donors (Lipinski definition) is 5. The van der Waals surface area contributed by atoms with Gasteiger partial charge < -0.3 is 26.2 Å².